The van der Waals surface area contributed by atoms with Gasteiger partial charge in [0, 0.05) is 17.8 Å². The second-order valence-electron chi connectivity index (χ2n) is 7.55. The zero-order valence-corrected chi connectivity index (χ0v) is 17.5. The SMILES string of the molecule is Cc1cc(-c2ccccc2)cc(C(=O)NNSC2CCCN(C(C)C)C2)c1F. The largest absolute Gasteiger partial charge is 0.300 e. The van der Waals surface area contributed by atoms with Crippen molar-refractivity contribution in [1.29, 1.82) is 0 Å². The minimum absolute atomic E-state index is 0.0550. The van der Waals surface area contributed by atoms with Gasteiger partial charge in [0.15, 0.2) is 0 Å². The first-order valence-electron chi connectivity index (χ1n) is 9.76. The van der Waals surface area contributed by atoms with Crippen LogP contribution in [0.5, 0.6) is 0 Å². The summed E-state index contributed by atoms with van der Waals surface area (Å²) in [5, 5.41) is 0.402. The molecule has 6 heteroatoms. The zero-order valence-electron chi connectivity index (χ0n) is 16.7. The van der Waals surface area contributed by atoms with E-state index >= 15 is 0 Å². The maximum Gasteiger partial charge on any atom is 0.269 e. The fraction of sp³-hybridized carbons (Fsp3) is 0.409. The lowest BCUT2D eigenvalue weighted by atomic mass is 9.99. The summed E-state index contributed by atoms with van der Waals surface area (Å²) in [6, 6.07) is 13.6. The third-order valence-electron chi connectivity index (χ3n) is 5.14. The van der Waals surface area contributed by atoms with Gasteiger partial charge < -0.3 is 0 Å². The summed E-state index contributed by atoms with van der Waals surface area (Å²) in [6.07, 6.45) is 2.26. The van der Waals surface area contributed by atoms with Crippen LogP contribution in [-0.4, -0.2) is 35.2 Å². The van der Waals surface area contributed by atoms with Crippen molar-refractivity contribution < 1.29 is 9.18 Å². The van der Waals surface area contributed by atoms with E-state index in [0.717, 1.165) is 37.1 Å². The third-order valence-corrected chi connectivity index (χ3v) is 6.07. The number of nitrogens with one attached hydrogen (secondary N) is 2. The van der Waals surface area contributed by atoms with Gasteiger partial charge in [-0.05, 0) is 69.0 Å². The molecule has 0 spiro atoms. The Hall–Kier alpha value is -1.89. The summed E-state index contributed by atoms with van der Waals surface area (Å²) in [4.78, 5) is 18.0. The van der Waals surface area contributed by atoms with Crippen LogP contribution in [0.25, 0.3) is 11.1 Å². The van der Waals surface area contributed by atoms with Crippen LogP contribution in [0.3, 0.4) is 0 Å². The predicted molar refractivity (Wildman–Crippen MR) is 114 cm³/mol. The molecule has 0 aromatic heterocycles. The minimum atomic E-state index is -0.479. The van der Waals surface area contributed by atoms with E-state index in [9.17, 15) is 9.18 Å². The number of carbonyl (C=O) groups excluding carboxylic acids is 1. The smallest absolute Gasteiger partial charge is 0.269 e. The molecule has 1 saturated heterocycles. The topological polar surface area (TPSA) is 44.4 Å². The Balaban J connectivity index is 1.63. The summed E-state index contributed by atoms with van der Waals surface area (Å²) in [5.41, 5.74) is 4.95. The van der Waals surface area contributed by atoms with Crippen LogP contribution in [-0.2, 0) is 0 Å². The molecule has 1 atom stereocenters. The van der Waals surface area contributed by atoms with Gasteiger partial charge in [-0.25, -0.2) is 4.39 Å². The lowest BCUT2D eigenvalue weighted by molar-refractivity contribution is 0.0942. The van der Waals surface area contributed by atoms with Crippen LogP contribution >= 0.6 is 11.9 Å². The quantitative estimate of drug-likeness (QED) is 0.550. The number of aryl methyl sites for hydroxylation is 1. The van der Waals surface area contributed by atoms with Gasteiger partial charge in [-0.3, -0.25) is 15.1 Å². The molecule has 2 aromatic carbocycles. The maximum atomic E-state index is 14.6. The summed E-state index contributed by atoms with van der Waals surface area (Å²) >= 11 is 1.51. The van der Waals surface area contributed by atoms with Crippen molar-refractivity contribution in [3.8, 4) is 11.1 Å². The first-order chi connectivity index (χ1) is 13.5. The van der Waals surface area contributed by atoms with Crippen LogP contribution in [0.15, 0.2) is 42.5 Å². The van der Waals surface area contributed by atoms with E-state index < -0.39 is 11.7 Å². The Morgan fingerprint density at radius 1 is 1.21 bits per heavy atom. The first kappa shape index (κ1) is 20.8. The number of hydrazine groups is 1. The number of benzene rings is 2. The van der Waals surface area contributed by atoms with Gasteiger partial charge in [0.25, 0.3) is 5.91 Å². The van der Waals surface area contributed by atoms with Gasteiger partial charge in [0.05, 0.1) is 5.56 Å². The maximum absolute atomic E-state index is 14.6. The van der Waals surface area contributed by atoms with Crippen molar-refractivity contribution in [1.82, 2.24) is 15.2 Å². The van der Waals surface area contributed by atoms with E-state index in [4.69, 9.17) is 0 Å². The van der Waals surface area contributed by atoms with E-state index in [1.807, 2.05) is 30.3 Å². The fourth-order valence-corrected chi connectivity index (χ4v) is 4.36. The van der Waals surface area contributed by atoms with Crippen molar-refractivity contribution in [3.05, 3.63) is 59.4 Å². The van der Waals surface area contributed by atoms with Crippen LogP contribution in [0.2, 0.25) is 0 Å². The Kier molecular flexibility index (Phi) is 7.10. The van der Waals surface area contributed by atoms with Crippen LogP contribution in [0, 0.1) is 12.7 Å². The molecule has 1 aliphatic rings. The highest BCUT2D eigenvalue weighted by Gasteiger charge is 2.22. The fourth-order valence-electron chi connectivity index (χ4n) is 3.49. The molecule has 3 rings (SSSR count). The van der Waals surface area contributed by atoms with E-state index in [1.54, 1.807) is 19.1 Å². The molecular formula is C22H28FN3OS. The number of hydrogen-bond donors (Lipinski definition) is 2. The second-order valence-corrected chi connectivity index (χ2v) is 8.65. The summed E-state index contributed by atoms with van der Waals surface area (Å²) in [6.45, 7) is 8.20. The van der Waals surface area contributed by atoms with Crippen molar-refractivity contribution in [3.63, 3.8) is 0 Å². The molecule has 1 amide bonds. The van der Waals surface area contributed by atoms with Gasteiger partial charge in [-0.15, -0.1) is 0 Å². The Bertz CT molecular complexity index is 813. The molecule has 0 aliphatic carbocycles. The van der Waals surface area contributed by atoms with Crippen molar-refractivity contribution in [2.45, 2.75) is 44.9 Å². The molecule has 2 aromatic rings. The highest BCUT2D eigenvalue weighted by Crippen LogP contribution is 2.25. The van der Waals surface area contributed by atoms with Gasteiger partial charge in [0.1, 0.15) is 5.82 Å². The third kappa shape index (κ3) is 5.13. The average molecular weight is 402 g/mol. The van der Waals surface area contributed by atoms with Gasteiger partial charge in [-0.1, -0.05) is 42.3 Å². The van der Waals surface area contributed by atoms with Crippen LogP contribution < -0.4 is 10.3 Å². The van der Waals surface area contributed by atoms with Crippen LogP contribution in [0.4, 0.5) is 4.39 Å². The average Bonchev–Trinajstić information content (AvgIpc) is 2.70. The summed E-state index contributed by atoms with van der Waals surface area (Å²) in [7, 11) is 0. The number of amides is 1. The summed E-state index contributed by atoms with van der Waals surface area (Å²) in [5.74, 6) is -0.935. The number of piperidine rings is 1. The molecule has 2 N–H and O–H groups in total. The molecule has 1 heterocycles. The molecule has 150 valence electrons. The number of likely N-dealkylation sites (tertiary alicyclic amines) is 1. The second kappa shape index (κ2) is 9.54. The van der Waals surface area contributed by atoms with E-state index in [2.05, 4.69) is 29.0 Å². The number of halogens is 1. The number of nitrogens with zero attached hydrogens (tertiary/aromatic N) is 1. The monoisotopic (exact) mass is 401 g/mol. The van der Waals surface area contributed by atoms with Crippen molar-refractivity contribution in [2.75, 3.05) is 13.1 Å². The predicted octanol–water partition coefficient (Wildman–Crippen LogP) is 4.56. The van der Waals surface area contributed by atoms with Gasteiger partial charge >= 0.3 is 0 Å². The standard InChI is InChI=1S/C22H28FN3OS/c1-15(2)26-11-7-10-19(14-26)28-25-24-22(27)20-13-18(12-16(3)21(20)23)17-8-5-4-6-9-17/h4-6,8-9,12-13,15,19,25H,7,10-11,14H2,1-3H3,(H,24,27). The lowest BCUT2D eigenvalue weighted by Gasteiger charge is -2.34. The highest BCUT2D eigenvalue weighted by molar-refractivity contribution is 7.98. The summed E-state index contributed by atoms with van der Waals surface area (Å²) < 4.78 is 14.6. The number of hydrogen-bond acceptors (Lipinski definition) is 4. The Morgan fingerprint density at radius 2 is 1.96 bits per heavy atom. The molecule has 4 nitrogen and oxygen atoms in total. The molecule has 1 fully saturated rings. The molecule has 1 unspecified atom stereocenters. The number of carbonyl (C=O) groups is 1. The first-order valence-corrected chi connectivity index (χ1v) is 10.6. The Morgan fingerprint density at radius 3 is 2.68 bits per heavy atom. The molecular weight excluding hydrogens is 373 g/mol. The molecule has 0 radical (unpaired) electrons. The minimum Gasteiger partial charge on any atom is -0.300 e. The van der Waals surface area contributed by atoms with E-state index in [0.29, 0.717) is 16.9 Å². The Labute approximate surface area is 171 Å². The molecule has 1 aliphatic heterocycles. The van der Waals surface area contributed by atoms with Crippen LogP contribution in [0.1, 0.15) is 42.6 Å². The van der Waals surface area contributed by atoms with Gasteiger partial charge in [-0.2, -0.15) is 4.83 Å². The lowest BCUT2D eigenvalue weighted by Crippen LogP contribution is -2.43. The number of rotatable bonds is 6. The van der Waals surface area contributed by atoms with Gasteiger partial charge in [0.2, 0.25) is 0 Å². The van der Waals surface area contributed by atoms with Crippen molar-refractivity contribution in [2.24, 2.45) is 0 Å². The molecule has 0 saturated carbocycles. The zero-order chi connectivity index (χ0) is 20.1. The highest BCUT2D eigenvalue weighted by atomic mass is 32.2. The van der Waals surface area contributed by atoms with E-state index in [1.165, 1.54) is 11.9 Å². The van der Waals surface area contributed by atoms with Crippen molar-refractivity contribution >= 4 is 17.9 Å². The molecule has 0 bridgehead atoms. The normalized spacial score (nSPS) is 17.7. The van der Waals surface area contributed by atoms with E-state index in [-0.39, 0.29) is 5.56 Å². The molecule has 28 heavy (non-hydrogen) atoms.